The highest BCUT2D eigenvalue weighted by Crippen LogP contribution is 2.32. The first-order valence-corrected chi connectivity index (χ1v) is 8.90. The summed E-state index contributed by atoms with van der Waals surface area (Å²) in [5.41, 5.74) is 0.908. The molecule has 8 heteroatoms. The lowest BCUT2D eigenvalue weighted by Crippen LogP contribution is -2.49. The van der Waals surface area contributed by atoms with E-state index in [9.17, 15) is 9.59 Å². The first-order chi connectivity index (χ1) is 12.7. The van der Waals surface area contributed by atoms with Crippen LogP contribution in [-0.4, -0.2) is 67.8 Å². The van der Waals surface area contributed by atoms with Crippen LogP contribution < -0.4 is 9.47 Å². The smallest absolute Gasteiger partial charge is 0.409 e. The minimum absolute atomic E-state index is 0. The Morgan fingerprint density at radius 3 is 2.63 bits per heavy atom. The quantitative estimate of drug-likeness (QED) is 0.688. The van der Waals surface area contributed by atoms with E-state index < -0.39 is 0 Å². The average molecular weight is 397 g/mol. The van der Waals surface area contributed by atoms with Crippen molar-refractivity contribution in [3.8, 4) is 11.5 Å². The molecular formula is C19H25ClN2O5. The number of carbonyl (C=O) groups excluding carboxylic acids is 2. The number of halogens is 1. The predicted octanol–water partition coefficient (Wildman–Crippen LogP) is 2.58. The molecule has 1 saturated heterocycles. The average Bonchev–Trinajstić information content (AvgIpc) is 3.13. The highest BCUT2D eigenvalue weighted by atomic mass is 35.5. The Bertz CT molecular complexity index is 687. The molecule has 2 aliphatic heterocycles. The number of ether oxygens (including phenoxy) is 3. The van der Waals surface area contributed by atoms with Crippen LogP contribution in [-0.2, 0) is 9.53 Å². The monoisotopic (exact) mass is 396 g/mol. The number of carbonyl (C=O) groups is 2. The fourth-order valence-electron chi connectivity index (χ4n) is 2.93. The molecule has 1 aromatic carbocycles. The van der Waals surface area contributed by atoms with Crippen molar-refractivity contribution in [2.24, 2.45) is 0 Å². The lowest BCUT2D eigenvalue weighted by molar-refractivity contribution is -0.115. The number of hydrogen-bond acceptors (Lipinski definition) is 6. The molecule has 148 valence electrons. The van der Waals surface area contributed by atoms with E-state index in [0.717, 1.165) is 24.4 Å². The molecule has 3 rings (SSSR count). The summed E-state index contributed by atoms with van der Waals surface area (Å²) in [5.74, 6) is 1.52. The SMILES string of the molecule is CCOC(=O)N1CCN(CCC(=O)C=Cc2ccc3c(c2)OCO3)CC1.Cl. The summed E-state index contributed by atoms with van der Waals surface area (Å²) in [6, 6.07) is 5.60. The highest BCUT2D eigenvalue weighted by molar-refractivity contribution is 5.93. The van der Waals surface area contributed by atoms with Gasteiger partial charge in [-0.25, -0.2) is 4.79 Å². The van der Waals surface area contributed by atoms with Crippen molar-refractivity contribution in [3.63, 3.8) is 0 Å². The van der Waals surface area contributed by atoms with Crippen LogP contribution in [0, 0.1) is 0 Å². The van der Waals surface area contributed by atoms with Crippen LogP contribution in [0.4, 0.5) is 4.79 Å². The molecule has 0 aliphatic carbocycles. The minimum atomic E-state index is -0.255. The first kappa shape index (κ1) is 21.1. The van der Waals surface area contributed by atoms with Crippen molar-refractivity contribution < 1.29 is 23.8 Å². The number of fused-ring (bicyclic) bond motifs is 1. The zero-order valence-electron chi connectivity index (χ0n) is 15.4. The zero-order valence-corrected chi connectivity index (χ0v) is 16.2. The second-order valence-corrected chi connectivity index (χ2v) is 6.19. The molecule has 0 spiro atoms. The van der Waals surface area contributed by atoms with Crippen LogP contribution in [0.1, 0.15) is 18.9 Å². The van der Waals surface area contributed by atoms with Gasteiger partial charge >= 0.3 is 6.09 Å². The van der Waals surface area contributed by atoms with E-state index in [2.05, 4.69) is 4.90 Å². The van der Waals surface area contributed by atoms with Crippen LogP contribution >= 0.6 is 12.4 Å². The van der Waals surface area contributed by atoms with Crippen molar-refractivity contribution in [2.45, 2.75) is 13.3 Å². The summed E-state index contributed by atoms with van der Waals surface area (Å²) in [6.07, 6.45) is 3.60. The summed E-state index contributed by atoms with van der Waals surface area (Å²) in [6.45, 7) is 5.93. The van der Waals surface area contributed by atoms with Gasteiger partial charge in [0.25, 0.3) is 0 Å². The maximum absolute atomic E-state index is 12.1. The fraction of sp³-hybridized carbons (Fsp3) is 0.474. The van der Waals surface area contributed by atoms with Crippen LogP contribution in [0.3, 0.4) is 0 Å². The van der Waals surface area contributed by atoms with Gasteiger partial charge in [0, 0.05) is 39.1 Å². The fourth-order valence-corrected chi connectivity index (χ4v) is 2.93. The van der Waals surface area contributed by atoms with E-state index in [-0.39, 0.29) is 31.1 Å². The van der Waals surface area contributed by atoms with E-state index in [0.29, 0.717) is 38.4 Å². The molecule has 1 aromatic rings. The Morgan fingerprint density at radius 1 is 1.15 bits per heavy atom. The molecule has 0 bridgehead atoms. The zero-order chi connectivity index (χ0) is 18.4. The Hall–Kier alpha value is -2.25. The second kappa shape index (κ2) is 10.2. The molecule has 0 radical (unpaired) electrons. The van der Waals surface area contributed by atoms with Crippen molar-refractivity contribution in [1.29, 1.82) is 0 Å². The number of rotatable bonds is 6. The van der Waals surface area contributed by atoms with E-state index in [1.165, 1.54) is 0 Å². The Kier molecular flexibility index (Phi) is 7.94. The van der Waals surface area contributed by atoms with Gasteiger partial charge in [0.2, 0.25) is 6.79 Å². The molecule has 7 nitrogen and oxygen atoms in total. The molecule has 0 atom stereocenters. The van der Waals surface area contributed by atoms with Crippen LogP contribution in [0.25, 0.3) is 6.08 Å². The lowest BCUT2D eigenvalue weighted by Gasteiger charge is -2.33. The number of amides is 1. The van der Waals surface area contributed by atoms with Crippen LogP contribution in [0.2, 0.25) is 0 Å². The summed E-state index contributed by atoms with van der Waals surface area (Å²) < 4.78 is 15.6. The van der Waals surface area contributed by atoms with Gasteiger partial charge in [-0.2, -0.15) is 0 Å². The van der Waals surface area contributed by atoms with Crippen molar-refractivity contribution in [2.75, 3.05) is 46.1 Å². The number of piperazine rings is 1. The van der Waals surface area contributed by atoms with Gasteiger partial charge < -0.3 is 19.1 Å². The standard InChI is InChI=1S/C19H24N2O5.ClH/c1-2-24-19(23)21-11-9-20(10-12-21)8-7-16(22)5-3-15-4-6-17-18(13-15)26-14-25-17;/h3-6,13H,2,7-12,14H2,1H3;1H. The third-order valence-corrected chi connectivity index (χ3v) is 4.43. The minimum Gasteiger partial charge on any atom is -0.454 e. The third kappa shape index (κ3) is 5.87. The predicted molar refractivity (Wildman–Crippen MR) is 104 cm³/mol. The highest BCUT2D eigenvalue weighted by Gasteiger charge is 2.21. The topological polar surface area (TPSA) is 68.3 Å². The Balaban J connectivity index is 0.00000261. The molecule has 2 aliphatic rings. The van der Waals surface area contributed by atoms with Gasteiger partial charge in [0.15, 0.2) is 17.3 Å². The molecule has 1 fully saturated rings. The van der Waals surface area contributed by atoms with Crippen LogP contribution in [0.5, 0.6) is 11.5 Å². The van der Waals surface area contributed by atoms with E-state index in [1.807, 2.05) is 18.2 Å². The van der Waals surface area contributed by atoms with E-state index in [4.69, 9.17) is 14.2 Å². The van der Waals surface area contributed by atoms with Gasteiger partial charge in [-0.1, -0.05) is 12.1 Å². The van der Waals surface area contributed by atoms with Gasteiger partial charge in [-0.05, 0) is 30.7 Å². The van der Waals surface area contributed by atoms with E-state index >= 15 is 0 Å². The lowest BCUT2D eigenvalue weighted by atomic mass is 10.1. The number of benzene rings is 1. The maximum atomic E-state index is 12.1. The van der Waals surface area contributed by atoms with Crippen LogP contribution in [0.15, 0.2) is 24.3 Å². The molecule has 1 amide bonds. The Morgan fingerprint density at radius 2 is 1.89 bits per heavy atom. The number of allylic oxidation sites excluding steroid dienone is 1. The van der Waals surface area contributed by atoms with Gasteiger partial charge in [0.1, 0.15) is 0 Å². The largest absolute Gasteiger partial charge is 0.454 e. The summed E-state index contributed by atoms with van der Waals surface area (Å²) in [5, 5.41) is 0. The summed E-state index contributed by atoms with van der Waals surface area (Å²) >= 11 is 0. The Labute approximate surface area is 165 Å². The summed E-state index contributed by atoms with van der Waals surface area (Å²) in [7, 11) is 0. The number of hydrogen-bond donors (Lipinski definition) is 0. The van der Waals surface area contributed by atoms with Gasteiger partial charge in [-0.15, -0.1) is 12.4 Å². The summed E-state index contributed by atoms with van der Waals surface area (Å²) in [4.78, 5) is 27.7. The van der Waals surface area contributed by atoms with Crippen molar-refractivity contribution in [1.82, 2.24) is 9.80 Å². The molecule has 2 heterocycles. The van der Waals surface area contributed by atoms with Gasteiger partial charge in [-0.3, -0.25) is 9.69 Å². The molecule has 0 N–H and O–H groups in total. The maximum Gasteiger partial charge on any atom is 0.409 e. The molecule has 0 aromatic heterocycles. The number of nitrogens with zero attached hydrogens (tertiary/aromatic N) is 2. The first-order valence-electron chi connectivity index (χ1n) is 8.90. The number of ketones is 1. The molecule has 27 heavy (non-hydrogen) atoms. The molecule has 0 unspecified atom stereocenters. The van der Waals surface area contributed by atoms with E-state index in [1.54, 1.807) is 24.0 Å². The van der Waals surface area contributed by atoms with Crippen molar-refractivity contribution >= 4 is 30.4 Å². The third-order valence-electron chi connectivity index (χ3n) is 4.43. The van der Waals surface area contributed by atoms with Gasteiger partial charge in [0.05, 0.1) is 6.61 Å². The normalized spacial score (nSPS) is 16.3. The molecule has 0 saturated carbocycles. The second-order valence-electron chi connectivity index (χ2n) is 6.19. The molecular weight excluding hydrogens is 372 g/mol. The van der Waals surface area contributed by atoms with Crippen molar-refractivity contribution in [3.05, 3.63) is 29.8 Å².